The molecule has 31 heavy (non-hydrogen) atoms. The lowest BCUT2D eigenvalue weighted by Crippen LogP contribution is -2.24. The van der Waals surface area contributed by atoms with E-state index in [9.17, 15) is 22.8 Å². The zero-order valence-electron chi connectivity index (χ0n) is 16.1. The highest BCUT2D eigenvalue weighted by atomic mass is 32.2. The predicted octanol–water partition coefficient (Wildman–Crippen LogP) is 1.11. The molecule has 4 rings (SSSR count). The van der Waals surface area contributed by atoms with Crippen molar-refractivity contribution in [2.24, 2.45) is 0 Å². The van der Waals surface area contributed by atoms with E-state index < -0.39 is 27.4 Å². The Morgan fingerprint density at radius 2 is 1.71 bits per heavy atom. The van der Waals surface area contributed by atoms with E-state index >= 15 is 0 Å². The molecule has 0 aliphatic carbocycles. The molecule has 0 bridgehead atoms. The van der Waals surface area contributed by atoms with Crippen LogP contribution in [0.4, 0.5) is 11.5 Å². The maximum atomic E-state index is 12.8. The number of aromatic nitrogens is 1. The van der Waals surface area contributed by atoms with Crippen LogP contribution in [0.1, 0.15) is 20.7 Å². The first kappa shape index (κ1) is 20.2. The van der Waals surface area contributed by atoms with Gasteiger partial charge in [-0.05, 0) is 42.5 Å². The van der Waals surface area contributed by atoms with E-state index in [-0.39, 0.29) is 27.5 Å². The number of benzene rings is 2. The van der Waals surface area contributed by atoms with E-state index in [0.29, 0.717) is 11.4 Å². The van der Waals surface area contributed by atoms with Crippen LogP contribution in [0.25, 0.3) is 5.69 Å². The van der Waals surface area contributed by atoms with Gasteiger partial charge in [-0.15, -0.1) is 0 Å². The van der Waals surface area contributed by atoms with Crippen molar-refractivity contribution in [3.8, 4) is 11.4 Å². The van der Waals surface area contributed by atoms with Gasteiger partial charge in [-0.3, -0.25) is 29.0 Å². The molecule has 11 heteroatoms. The largest absolute Gasteiger partial charge is 0.497 e. The Morgan fingerprint density at radius 1 is 1.00 bits per heavy atom. The highest BCUT2D eigenvalue weighted by Gasteiger charge is 2.32. The summed E-state index contributed by atoms with van der Waals surface area (Å²) < 4.78 is 34.1. The van der Waals surface area contributed by atoms with Crippen LogP contribution in [0, 0.1) is 0 Å². The number of methoxy groups -OCH3 is 1. The molecule has 0 atom stereocenters. The third-order valence-electron chi connectivity index (χ3n) is 4.68. The second-order valence-electron chi connectivity index (χ2n) is 6.61. The molecule has 0 saturated heterocycles. The number of ether oxygens (including phenoxy) is 1. The smallest absolute Gasteiger partial charge is 0.262 e. The molecule has 0 radical (unpaired) electrons. The molecule has 158 valence electrons. The van der Waals surface area contributed by atoms with Crippen molar-refractivity contribution in [1.29, 1.82) is 0 Å². The van der Waals surface area contributed by atoms with Crippen LogP contribution in [0.3, 0.4) is 0 Å². The van der Waals surface area contributed by atoms with Crippen molar-refractivity contribution < 1.29 is 22.7 Å². The summed E-state index contributed by atoms with van der Waals surface area (Å²) in [5.74, 6) is -1.13. The number of nitrogens with one attached hydrogen (secondary N) is 2. The molecule has 3 aromatic rings. The van der Waals surface area contributed by atoms with Gasteiger partial charge in [0.1, 0.15) is 11.6 Å². The fraction of sp³-hybridized carbons (Fsp3) is 0.0500. The van der Waals surface area contributed by atoms with Gasteiger partial charge < -0.3 is 10.5 Å². The molecule has 10 nitrogen and oxygen atoms in total. The zero-order valence-corrected chi connectivity index (χ0v) is 16.9. The summed E-state index contributed by atoms with van der Waals surface area (Å²) >= 11 is 0. The second kappa shape index (κ2) is 7.29. The lowest BCUT2D eigenvalue weighted by atomic mass is 10.1. The van der Waals surface area contributed by atoms with E-state index in [2.05, 4.69) is 10.0 Å². The normalized spacial score (nSPS) is 12.9. The lowest BCUT2D eigenvalue weighted by Gasteiger charge is -2.14. The Bertz CT molecular complexity index is 1390. The molecule has 2 aromatic carbocycles. The van der Waals surface area contributed by atoms with Gasteiger partial charge in [0.15, 0.2) is 0 Å². The lowest BCUT2D eigenvalue weighted by molar-refractivity contribution is 0.0880. The van der Waals surface area contributed by atoms with Gasteiger partial charge in [0.25, 0.3) is 27.4 Å². The molecular formula is C20H16N4O6S. The maximum Gasteiger partial charge on any atom is 0.262 e. The summed E-state index contributed by atoms with van der Waals surface area (Å²) in [5.41, 5.74) is 5.51. The number of carbonyl (C=O) groups is 2. The minimum Gasteiger partial charge on any atom is -0.497 e. The van der Waals surface area contributed by atoms with E-state index in [4.69, 9.17) is 10.5 Å². The van der Waals surface area contributed by atoms with E-state index in [0.717, 1.165) is 10.6 Å². The van der Waals surface area contributed by atoms with Gasteiger partial charge in [-0.25, -0.2) is 8.42 Å². The van der Waals surface area contributed by atoms with Gasteiger partial charge in [0, 0.05) is 11.8 Å². The Balaban J connectivity index is 1.75. The minimum atomic E-state index is -4.00. The van der Waals surface area contributed by atoms with Crippen LogP contribution in [0.5, 0.6) is 5.75 Å². The highest BCUT2D eigenvalue weighted by Crippen LogP contribution is 2.25. The Labute approximate surface area is 176 Å². The summed E-state index contributed by atoms with van der Waals surface area (Å²) in [5, 5.41) is 2.08. The fourth-order valence-electron chi connectivity index (χ4n) is 3.21. The third kappa shape index (κ3) is 3.51. The van der Waals surface area contributed by atoms with Crippen LogP contribution in [0.2, 0.25) is 0 Å². The highest BCUT2D eigenvalue weighted by molar-refractivity contribution is 7.92. The summed E-state index contributed by atoms with van der Waals surface area (Å²) in [6.07, 6.45) is 0. The van der Waals surface area contributed by atoms with Crippen LogP contribution in [0.15, 0.2) is 64.3 Å². The summed E-state index contributed by atoms with van der Waals surface area (Å²) in [6, 6.07) is 12.8. The maximum absolute atomic E-state index is 12.8. The number of hydrogen-bond donors (Lipinski definition) is 3. The molecule has 2 amide bonds. The van der Waals surface area contributed by atoms with Gasteiger partial charge in [-0.2, -0.15) is 0 Å². The number of nitrogen functional groups attached to an aromatic ring is 1. The molecule has 0 spiro atoms. The van der Waals surface area contributed by atoms with Crippen molar-refractivity contribution in [1.82, 2.24) is 9.88 Å². The number of nitrogens with zero attached hydrogens (tertiary/aromatic N) is 1. The second-order valence-corrected chi connectivity index (χ2v) is 8.29. The number of carbonyl (C=O) groups excluding carboxylic acids is 2. The van der Waals surface area contributed by atoms with Crippen LogP contribution in [-0.2, 0) is 10.0 Å². The minimum absolute atomic E-state index is 0.117. The Kier molecular flexibility index (Phi) is 4.74. The number of amides is 2. The van der Waals surface area contributed by atoms with E-state index in [1.54, 1.807) is 24.3 Å². The topological polar surface area (TPSA) is 150 Å². The molecule has 2 heterocycles. The van der Waals surface area contributed by atoms with E-state index in [1.807, 2.05) is 0 Å². The predicted molar refractivity (Wildman–Crippen MR) is 112 cm³/mol. The van der Waals surface area contributed by atoms with Crippen molar-refractivity contribution in [3.05, 3.63) is 76.1 Å². The van der Waals surface area contributed by atoms with Crippen molar-refractivity contribution in [3.63, 3.8) is 0 Å². The number of rotatable bonds is 5. The average molecular weight is 440 g/mol. The first-order valence-corrected chi connectivity index (χ1v) is 10.4. The van der Waals surface area contributed by atoms with Crippen molar-refractivity contribution in [2.75, 3.05) is 17.6 Å². The summed E-state index contributed by atoms with van der Waals surface area (Å²) in [4.78, 5) is 36.3. The Hall–Kier alpha value is -4.12. The SMILES string of the molecule is COc1ccc(NS(=O)(=O)c2cccc(-n3c(N)c4c(cc3=O)C(=O)NC4=O)c2)cc1. The summed E-state index contributed by atoms with van der Waals surface area (Å²) in [6.45, 7) is 0. The molecule has 1 aliphatic heterocycles. The van der Waals surface area contributed by atoms with E-state index in [1.165, 1.54) is 31.4 Å². The molecule has 1 aromatic heterocycles. The van der Waals surface area contributed by atoms with Crippen LogP contribution in [-0.4, -0.2) is 31.9 Å². The molecular weight excluding hydrogens is 424 g/mol. The number of nitrogens with two attached hydrogens (primary N) is 1. The quantitative estimate of drug-likeness (QED) is 0.503. The molecule has 0 saturated carbocycles. The molecule has 0 fully saturated rings. The van der Waals surface area contributed by atoms with Crippen LogP contribution >= 0.6 is 0 Å². The van der Waals surface area contributed by atoms with Crippen LogP contribution < -0.4 is 26.1 Å². The first-order chi connectivity index (χ1) is 14.7. The van der Waals surface area contributed by atoms with Gasteiger partial charge in [-0.1, -0.05) is 6.07 Å². The van der Waals surface area contributed by atoms with Gasteiger partial charge in [0.05, 0.1) is 28.8 Å². The fourth-order valence-corrected chi connectivity index (χ4v) is 4.31. The number of imide groups is 1. The zero-order chi connectivity index (χ0) is 22.3. The van der Waals surface area contributed by atoms with Crippen molar-refractivity contribution in [2.45, 2.75) is 4.90 Å². The third-order valence-corrected chi connectivity index (χ3v) is 6.06. The van der Waals surface area contributed by atoms with Gasteiger partial charge in [0.2, 0.25) is 0 Å². The average Bonchev–Trinajstić information content (AvgIpc) is 3.02. The first-order valence-electron chi connectivity index (χ1n) is 8.90. The Morgan fingerprint density at radius 3 is 2.39 bits per heavy atom. The number of anilines is 2. The monoisotopic (exact) mass is 440 g/mol. The number of sulfonamides is 1. The molecule has 1 aliphatic rings. The van der Waals surface area contributed by atoms with Gasteiger partial charge >= 0.3 is 0 Å². The number of pyridine rings is 1. The van der Waals surface area contributed by atoms with Crippen molar-refractivity contribution >= 4 is 33.3 Å². The number of fused-ring (bicyclic) bond motifs is 1. The summed E-state index contributed by atoms with van der Waals surface area (Å²) in [7, 11) is -2.50. The number of hydrogen-bond acceptors (Lipinski definition) is 7. The molecule has 4 N–H and O–H groups in total. The molecule has 0 unspecified atom stereocenters. The standard InChI is InChI=1S/C20H16N4O6S/c1-30-13-7-5-11(6-8-13)23-31(28,29)14-4-2-3-12(9-14)24-16(25)10-15-17(18(24)21)20(27)22-19(15)26/h2-10,23H,21H2,1H3,(H,22,26,27).